The van der Waals surface area contributed by atoms with Gasteiger partial charge in [-0.3, -0.25) is 14.8 Å². The summed E-state index contributed by atoms with van der Waals surface area (Å²) in [6.45, 7) is 3.94. The van der Waals surface area contributed by atoms with Gasteiger partial charge in [0.2, 0.25) is 0 Å². The van der Waals surface area contributed by atoms with Crippen LogP contribution in [-0.2, 0) is 6.42 Å². The molecule has 1 amide bonds. The first-order valence-electron chi connectivity index (χ1n) is 13.7. The smallest absolute Gasteiger partial charge is 0.256 e. The zero-order valence-electron chi connectivity index (χ0n) is 22.1. The highest BCUT2D eigenvalue weighted by Crippen LogP contribution is 2.32. The van der Waals surface area contributed by atoms with Crippen molar-refractivity contribution in [1.82, 2.24) is 25.1 Å². The number of unbranched alkanes of at least 4 members (excludes halogenated alkanes) is 5. The molecule has 0 aliphatic carbocycles. The van der Waals surface area contributed by atoms with Crippen molar-refractivity contribution in [2.24, 2.45) is 5.73 Å². The number of benzene rings is 1. The van der Waals surface area contributed by atoms with Gasteiger partial charge in [-0.05, 0) is 82.9 Å². The number of likely N-dealkylation sites (tertiary alicyclic amines) is 1. The number of aromatic amines is 2. The quantitative estimate of drug-likeness (QED) is 0.199. The zero-order chi connectivity index (χ0) is 25.8. The molecule has 4 aromatic rings. The molecule has 0 saturated carbocycles. The summed E-state index contributed by atoms with van der Waals surface area (Å²) in [6, 6.07) is 8.41. The van der Waals surface area contributed by atoms with Crippen LogP contribution < -0.4 is 11.1 Å². The highest BCUT2D eigenvalue weighted by Gasteiger charge is 2.24. The molecule has 1 unspecified atom stereocenters. The van der Waals surface area contributed by atoms with Gasteiger partial charge < -0.3 is 16.0 Å². The second-order valence-electron chi connectivity index (χ2n) is 10.5. The number of carbonyl (C=O) groups is 1. The number of nitrogens with zero attached hydrogens (tertiary/aromatic N) is 3. The Morgan fingerprint density at radius 2 is 1.95 bits per heavy atom. The maximum absolute atomic E-state index is 13.3. The van der Waals surface area contributed by atoms with Gasteiger partial charge in [-0.2, -0.15) is 5.10 Å². The molecule has 0 bridgehead atoms. The van der Waals surface area contributed by atoms with E-state index in [0.29, 0.717) is 17.4 Å². The van der Waals surface area contributed by atoms with E-state index >= 15 is 0 Å². The first-order chi connectivity index (χ1) is 18.0. The summed E-state index contributed by atoms with van der Waals surface area (Å²) in [5.74, 6) is 0.378. The molecule has 1 saturated heterocycles. The number of rotatable bonds is 11. The number of hydrogen-bond donors (Lipinski definition) is 4. The largest absolute Gasteiger partial charge is 0.357 e. The number of fused-ring (bicyclic) bond motifs is 2. The number of aromatic nitrogens is 4. The van der Waals surface area contributed by atoms with Crippen LogP contribution in [0.4, 0.5) is 5.82 Å². The lowest BCUT2D eigenvalue weighted by molar-refractivity contribution is 0.102. The minimum absolute atomic E-state index is 0.167. The average Bonchev–Trinajstić information content (AvgIpc) is 3.61. The predicted molar refractivity (Wildman–Crippen MR) is 150 cm³/mol. The molecule has 8 nitrogen and oxygen atoms in total. The zero-order valence-corrected chi connectivity index (χ0v) is 22.1. The fourth-order valence-corrected chi connectivity index (χ4v) is 5.69. The Kier molecular flexibility index (Phi) is 7.86. The number of pyridine rings is 1. The third-order valence-electron chi connectivity index (χ3n) is 7.73. The lowest BCUT2D eigenvalue weighted by atomic mass is 9.98. The third-order valence-corrected chi connectivity index (χ3v) is 7.73. The molecular weight excluding hydrogens is 462 g/mol. The second-order valence-corrected chi connectivity index (χ2v) is 10.5. The molecule has 1 atom stereocenters. The molecule has 3 aromatic heterocycles. The normalized spacial score (nSPS) is 16.2. The van der Waals surface area contributed by atoms with Crippen molar-refractivity contribution in [1.29, 1.82) is 0 Å². The molecule has 1 aromatic carbocycles. The van der Waals surface area contributed by atoms with E-state index in [-0.39, 0.29) is 5.91 Å². The number of nitrogens with two attached hydrogens (primary N) is 1. The van der Waals surface area contributed by atoms with Gasteiger partial charge >= 0.3 is 0 Å². The summed E-state index contributed by atoms with van der Waals surface area (Å²) in [4.78, 5) is 23.7. The van der Waals surface area contributed by atoms with Crippen LogP contribution in [0.15, 0.2) is 30.5 Å². The Hall–Kier alpha value is -3.23. The summed E-state index contributed by atoms with van der Waals surface area (Å²) in [5.41, 5.74) is 11.5. The van der Waals surface area contributed by atoms with Gasteiger partial charge in [0.05, 0.1) is 11.0 Å². The monoisotopic (exact) mass is 501 g/mol. The van der Waals surface area contributed by atoms with Crippen LogP contribution >= 0.6 is 0 Å². The SMILES string of the molecule is Cc1[nH]nc2cc(C(=O)Nc3cc4[nH]c(C5CCCN5C)cc4cn3)cc(CCCCCCCCN)c12. The first-order valence-corrected chi connectivity index (χ1v) is 13.7. The molecule has 1 aliphatic rings. The van der Waals surface area contributed by atoms with Crippen LogP contribution in [0.25, 0.3) is 21.8 Å². The Bertz CT molecular complexity index is 1370. The minimum Gasteiger partial charge on any atom is -0.357 e. The van der Waals surface area contributed by atoms with Crippen molar-refractivity contribution < 1.29 is 4.79 Å². The standard InChI is InChI=1S/C29H39N7O/c1-19-28-20(10-7-5-3-4-6-8-12-30)14-21(15-25(28)35-34-19)29(37)33-27-17-23-22(18-31-27)16-24(32-23)26-11-9-13-36(26)2/h14-18,26,32H,3-13,30H2,1-2H3,(H,34,35)(H,31,33,37). The van der Waals surface area contributed by atoms with E-state index in [9.17, 15) is 4.79 Å². The highest BCUT2D eigenvalue weighted by molar-refractivity contribution is 6.07. The van der Waals surface area contributed by atoms with Crippen LogP contribution in [0.1, 0.15) is 84.7 Å². The number of nitrogens with one attached hydrogen (secondary N) is 3. The Morgan fingerprint density at radius 1 is 1.14 bits per heavy atom. The summed E-state index contributed by atoms with van der Waals surface area (Å²) in [7, 11) is 2.17. The number of amides is 1. The summed E-state index contributed by atoms with van der Waals surface area (Å²) in [5, 5.41) is 12.7. The Labute approximate surface area is 218 Å². The van der Waals surface area contributed by atoms with Crippen molar-refractivity contribution in [3.8, 4) is 0 Å². The molecule has 0 radical (unpaired) electrons. The fourth-order valence-electron chi connectivity index (χ4n) is 5.69. The number of H-pyrrole nitrogens is 2. The lowest BCUT2D eigenvalue weighted by Crippen LogP contribution is -2.17. The van der Waals surface area contributed by atoms with E-state index in [1.165, 1.54) is 43.4 Å². The van der Waals surface area contributed by atoms with Crippen molar-refractivity contribution in [3.63, 3.8) is 0 Å². The topological polar surface area (TPSA) is 116 Å². The molecule has 4 heterocycles. The lowest BCUT2D eigenvalue weighted by Gasteiger charge is -2.17. The van der Waals surface area contributed by atoms with E-state index in [0.717, 1.165) is 66.3 Å². The van der Waals surface area contributed by atoms with Crippen molar-refractivity contribution in [2.45, 2.75) is 70.8 Å². The van der Waals surface area contributed by atoms with Crippen LogP contribution in [-0.4, -0.2) is 51.1 Å². The van der Waals surface area contributed by atoms with Gasteiger partial charge in [0.1, 0.15) is 5.82 Å². The molecule has 37 heavy (non-hydrogen) atoms. The number of aryl methyl sites for hydroxylation is 2. The summed E-state index contributed by atoms with van der Waals surface area (Å²) < 4.78 is 0. The highest BCUT2D eigenvalue weighted by atomic mass is 16.1. The van der Waals surface area contributed by atoms with E-state index in [2.05, 4.69) is 43.5 Å². The van der Waals surface area contributed by atoms with Crippen molar-refractivity contribution >= 4 is 33.5 Å². The van der Waals surface area contributed by atoms with Gasteiger partial charge in [-0.1, -0.05) is 25.7 Å². The maximum atomic E-state index is 13.3. The second kappa shape index (κ2) is 11.4. The summed E-state index contributed by atoms with van der Waals surface area (Å²) >= 11 is 0. The van der Waals surface area contributed by atoms with E-state index in [1.54, 1.807) is 0 Å². The third kappa shape index (κ3) is 5.70. The maximum Gasteiger partial charge on any atom is 0.256 e. The fraction of sp³-hybridized carbons (Fsp3) is 0.483. The molecule has 5 N–H and O–H groups in total. The van der Waals surface area contributed by atoms with Gasteiger partial charge in [0.25, 0.3) is 5.91 Å². The Balaban J connectivity index is 1.29. The van der Waals surface area contributed by atoms with E-state index in [1.807, 2.05) is 31.3 Å². The van der Waals surface area contributed by atoms with Gasteiger partial charge in [0, 0.05) is 46.0 Å². The molecule has 5 rings (SSSR count). The molecule has 1 fully saturated rings. The molecular formula is C29H39N7O. The van der Waals surface area contributed by atoms with E-state index in [4.69, 9.17) is 5.73 Å². The average molecular weight is 502 g/mol. The van der Waals surface area contributed by atoms with E-state index < -0.39 is 0 Å². The number of anilines is 1. The summed E-state index contributed by atoms with van der Waals surface area (Å²) in [6.07, 6.45) is 12.2. The molecule has 8 heteroatoms. The van der Waals surface area contributed by atoms with Crippen LogP contribution in [0.3, 0.4) is 0 Å². The molecule has 196 valence electrons. The van der Waals surface area contributed by atoms with Crippen LogP contribution in [0.5, 0.6) is 0 Å². The number of carbonyl (C=O) groups excluding carboxylic acids is 1. The molecule has 1 aliphatic heterocycles. The van der Waals surface area contributed by atoms with Gasteiger partial charge in [-0.25, -0.2) is 4.98 Å². The van der Waals surface area contributed by atoms with Crippen molar-refractivity contribution in [3.05, 3.63) is 53.0 Å². The minimum atomic E-state index is -0.167. The predicted octanol–water partition coefficient (Wildman–Crippen LogP) is 5.61. The van der Waals surface area contributed by atoms with Crippen LogP contribution in [0.2, 0.25) is 0 Å². The number of hydrogen-bond acceptors (Lipinski definition) is 5. The first kappa shape index (κ1) is 25.4. The molecule has 0 spiro atoms. The Morgan fingerprint density at radius 3 is 2.73 bits per heavy atom. The van der Waals surface area contributed by atoms with Gasteiger partial charge in [0.15, 0.2) is 0 Å². The van der Waals surface area contributed by atoms with Crippen molar-refractivity contribution in [2.75, 3.05) is 25.5 Å². The van der Waals surface area contributed by atoms with Gasteiger partial charge in [-0.15, -0.1) is 0 Å². The van der Waals surface area contributed by atoms with Crippen LogP contribution in [0, 0.1) is 6.92 Å².